The average molecular weight is 216 g/mol. The Morgan fingerprint density at radius 1 is 1.60 bits per heavy atom. The molecular weight excluding hydrogens is 196 g/mol. The van der Waals surface area contributed by atoms with Crippen LogP contribution in [0.4, 0.5) is 0 Å². The Hall–Kier alpha value is -0.610. The molecule has 0 aromatic rings. The van der Waals surface area contributed by atoms with Crippen molar-refractivity contribution >= 4 is 5.97 Å². The van der Waals surface area contributed by atoms with Gasteiger partial charge in [0.1, 0.15) is 6.10 Å². The van der Waals surface area contributed by atoms with E-state index in [0.717, 1.165) is 12.8 Å². The highest BCUT2D eigenvalue weighted by Gasteiger charge is 2.35. The molecule has 1 saturated heterocycles. The largest absolute Gasteiger partial charge is 0.466 e. The molecule has 0 saturated carbocycles. The summed E-state index contributed by atoms with van der Waals surface area (Å²) in [5.41, 5.74) is -0.245. The second-order valence-electron chi connectivity index (χ2n) is 4.56. The van der Waals surface area contributed by atoms with Crippen LogP contribution in [0.1, 0.15) is 40.5 Å². The molecule has 1 fully saturated rings. The smallest absolute Gasteiger partial charge is 0.311 e. The van der Waals surface area contributed by atoms with E-state index in [1.165, 1.54) is 0 Å². The Balaban J connectivity index is 2.42. The molecule has 88 valence electrons. The number of carbonyl (C=O) groups is 1. The molecule has 4 nitrogen and oxygen atoms in total. The van der Waals surface area contributed by atoms with E-state index in [0.29, 0.717) is 6.61 Å². The number of esters is 1. The molecule has 0 N–H and O–H groups in total. The summed E-state index contributed by atoms with van der Waals surface area (Å²) < 4.78 is 4.93. The summed E-state index contributed by atoms with van der Waals surface area (Å²) in [7, 11) is 0. The summed E-state index contributed by atoms with van der Waals surface area (Å²) in [6.07, 6.45) is 1.53. The lowest BCUT2D eigenvalue weighted by atomic mass is 9.93. The van der Waals surface area contributed by atoms with Gasteiger partial charge in [-0.3, -0.25) is 4.79 Å². The van der Waals surface area contributed by atoms with Gasteiger partial charge in [-0.25, -0.2) is 9.78 Å². The summed E-state index contributed by atoms with van der Waals surface area (Å²) in [4.78, 5) is 21.9. The minimum absolute atomic E-state index is 0.183. The molecule has 0 aliphatic carbocycles. The van der Waals surface area contributed by atoms with E-state index in [-0.39, 0.29) is 23.6 Å². The summed E-state index contributed by atoms with van der Waals surface area (Å²) in [6.45, 7) is 7.95. The standard InChI is InChI=1S/C11H20O4/c1-5-13-10(12)8(2)9-6-7-11(3,4)15-14-9/h8-9H,5-7H2,1-4H3/t8-,9-/m0/s1. The molecule has 1 rings (SSSR count). The zero-order valence-electron chi connectivity index (χ0n) is 9.91. The average Bonchev–Trinajstić information content (AvgIpc) is 2.17. The Bertz CT molecular complexity index is 215. The predicted molar refractivity (Wildman–Crippen MR) is 55.1 cm³/mol. The Kier molecular flexibility index (Phi) is 4.11. The highest BCUT2D eigenvalue weighted by Crippen LogP contribution is 2.29. The third kappa shape index (κ3) is 3.47. The van der Waals surface area contributed by atoms with Crippen molar-refractivity contribution in [3.8, 4) is 0 Å². The third-order valence-corrected chi connectivity index (χ3v) is 2.64. The molecule has 4 heteroatoms. The van der Waals surface area contributed by atoms with Crippen molar-refractivity contribution in [1.29, 1.82) is 0 Å². The van der Waals surface area contributed by atoms with Gasteiger partial charge in [0.05, 0.1) is 18.1 Å². The van der Waals surface area contributed by atoms with Gasteiger partial charge in [0.25, 0.3) is 0 Å². The van der Waals surface area contributed by atoms with E-state index in [4.69, 9.17) is 14.5 Å². The van der Waals surface area contributed by atoms with Crippen molar-refractivity contribution < 1.29 is 19.3 Å². The van der Waals surface area contributed by atoms with Crippen molar-refractivity contribution in [2.24, 2.45) is 5.92 Å². The van der Waals surface area contributed by atoms with Crippen LogP contribution in [0.25, 0.3) is 0 Å². The van der Waals surface area contributed by atoms with E-state index in [9.17, 15) is 4.79 Å². The number of ether oxygens (including phenoxy) is 1. The van der Waals surface area contributed by atoms with Crippen LogP contribution in [-0.2, 0) is 19.3 Å². The highest BCUT2D eigenvalue weighted by atomic mass is 17.2. The van der Waals surface area contributed by atoms with Crippen LogP contribution in [0.3, 0.4) is 0 Å². The van der Waals surface area contributed by atoms with Crippen molar-refractivity contribution in [1.82, 2.24) is 0 Å². The van der Waals surface area contributed by atoms with Crippen LogP contribution in [0.15, 0.2) is 0 Å². The molecule has 1 aliphatic heterocycles. The van der Waals surface area contributed by atoms with Gasteiger partial charge in [-0.1, -0.05) is 0 Å². The molecule has 0 amide bonds. The first-order chi connectivity index (χ1) is 6.96. The minimum Gasteiger partial charge on any atom is -0.466 e. The fourth-order valence-electron chi connectivity index (χ4n) is 1.53. The van der Waals surface area contributed by atoms with Gasteiger partial charge in [0.15, 0.2) is 0 Å². The normalized spacial score (nSPS) is 27.1. The van der Waals surface area contributed by atoms with Crippen molar-refractivity contribution in [3.05, 3.63) is 0 Å². The lowest BCUT2D eigenvalue weighted by Gasteiger charge is -2.34. The van der Waals surface area contributed by atoms with Crippen molar-refractivity contribution in [2.75, 3.05) is 6.61 Å². The van der Waals surface area contributed by atoms with Crippen molar-refractivity contribution in [2.45, 2.75) is 52.2 Å². The molecule has 0 bridgehead atoms. The number of carbonyl (C=O) groups excluding carboxylic acids is 1. The maximum atomic E-state index is 11.4. The van der Waals surface area contributed by atoms with Crippen LogP contribution >= 0.6 is 0 Å². The maximum absolute atomic E-state index is 11.4. The van der Waals surface area contributed by atoms with E-state index in [1.807, 2.05) is 20.8 Å². The van der Waals surface area contributed by atoms with Gasteiger partial charge in [-0.2, -0.15) is 0 Å². The second-order valence-corrected chi connectivity index (χ2v) is 4.56. The van der Waals surface area contributed by atoms with Crippen LogP contribution < -0.4 is 0 Å². The topological polar surface area (TPSA) is 44.8 Å². The quantitative estimate of drug-likeness (QED) is 0.535. The van der Waals surface area contributed by atoms with Gasteiger partial charge in [0, 0.05) is 0 Å². The Morgan fingerprint density at radius 2 is 2.27 bits per heavy atom. The van der Waals surface area contributed by atoms with E-state index in [2.05, 4.69) is 0 Å². The highest BCUT2D eigenvalue weighted by molar-refractivity contribution is 5.72. The number of hydrogen-bond acceptors (Lipinski definition) is 4. The molecule has 15 heavy (non-hydrogen) atoms. The van der Waals surface area contributed by atoms with E-state index in [1.54, 1.807) is 6.92 Å². The minimum atomic E-state index is -0.263. The fraction of sp³-hybridized carbons (Fsp3) is 0.909. The van der Waals surface area contributed by atoms with Crippen LogP contribution in [-0.4, -0.2) is 24.3 Å². The van der Waals surface area contributed by atoms with E-state index < -0.39 is 0 Å². The van der Waals surface area contributed by atoms with Gasteiger partial charge in [-0.05, 0) is 40.5 Å². The SMILES string of the molecule is CCOC(=O)[C@@H](C)[C@@H]1CCC(C)(C)OO1. The van der Waals surface area contributed by atoms with Gasteiger partial charge in [-0.15, -0.1) is 0 Å². The van der Waals surface area contributed by atoms with E-state index >= 15 is 0 Å². The predicted octanol–water partition coefficient (Wildman–Crippen LogP) is 2.07. The monoisotopic (exact) mass is 216 g/mol. The first-order valence-electron chi connectivity index (χ1n) is 5.47. The fourth-order valence-corrected chi connectivity index (χ4v) is 1.53. The molecule has 0 aromatic heterocycles. The lowest BCUT2D eigenvalue weighted by Crippen LogP contribution is -2.40. The Morgan fingerprint density at radius 3 is 2.73 bits per heavy atom. The second kappa shape index (κ2) is 4.94. The lowest BCUT2D eigenvalue weighted by molar-refractivity contribution is -0.405. The Labute approximate surface area is 90.8 Å². The molecule has 0 radical (unpaired) electrons. The third-order valence-electron chi connectivity index (χ3n) is 2.64. The summed E-state index contributed by atoms with van der Waals surface area (Å²) in [5, 5.41) is 0. The van der Waals surface area contributed by atoms with Gasteiger partial charge >= 0.3 is 5.97 Å². The van der Waals surface area contributed by atoms with Crippen LogP contribution in [0, 0.1) is 5.92 Å². The number of rotatable bonds is 3. The first kappa shape index (κ1) is 12.5. The molecule has 0 aromatic carbocycles. The van der Waals surface area contributed by atoms with Gasteiger partial charge < -0.3 is 4.74 Å². The summed E-state index contributed by atoms with van der Waals surface area (Å²) >= 11 is 0. The van der Waals surface area contributed by atoms with Gasteiger partial charge in [0.2, 0.25) is 0 Å². The molecule has 0 spiro atoms. The zero-order valence-corrected chi connectivity index (χ0v) is 9.91. The van der Waals surface area contributed by atoms with Crippen LogP contribution in [0.5, 0.6) is 0 Å². The molecule has 1 aliphatic rings. The van der Waals surface area contributed by atoms with Crippen molar-refractivity contribution in [3.63, 3.8) is 0 Å². The summed E-state index contributed by atoms with van der Waals surface area (Å²) in [6, 6.07) is 0. The molecular formula is C11H20O4. The first-order valence-corrected chi connectivity index (χ1v) is 5.47. The van der Waals surface area contributed by atoms with Crippen LogP contribution in [0.2, 0.25) is 0 Å². The molecule has 2 atom stereocenters. The maximum Gasteiger partial charge on any atom is 0.311 e. The zero-order chi connectivity index (χ0) is 11.5. The summed E-state index contributed by atoms with van der Waals surface area (Å²) in [5.74, 6) is -0.480. The number of hydrogen-bond donors (Lipinski definition) is 0. The molecule has 1 heterocycles. The molecule has 0 unspecified atom stereocenters.